The predicted molar refractivity (Wildman–Crippen MR) is 55.1 cm³/mol. The second-order valence-corrected chi connectivity index (χ2v) is 3.66. The van der Waals surface area contributed by atoms with Crippen molar-refractivity contribution in [2.45, 2.75) is 6.18 Å². The maximum absolute atomic E-state index is 12.7. The van der Waals surface area contributed by atoms with Crippen molar-refractivity contribution in [2.75, 3.05) is 0 Å². The van der Waals surface area contributed by atoms with Crippen molar-refractivity contribution in [1.29, 1.82) is 0 Å². The minimum atomic E-state index is -4.64. The third-order valence-corrected chi connectivity index (χ3v) is 2.51. The molecule has 2 rings (SSSR count). The zero-order chi connectivity index (χ0) is 13.5. The van der Waals surface area contributed by atoms with Crippen LogP contribution in [0.15, 0.2) is 23.2 Å². The first-order valence-corrected chi connectivity index (χ1v) is 4.84. The highest BCUT2D eigenvalue weighted by Crippen LogP contribution is 2.40. The lowest BCUT2D eigenvalue weighted by Gasteiger charge is -2.18. The van der Waals surface area contributed by atoms with Gasteiger partial charge in [-0.1, -0.05) is 6.07 Å². The van der Waals surface area contributed by atoms with Gasteiger partial charge in [-0.3, -0.25) is 14.6 Å². The van der Waals surface area contributed by atoms with Crippen LogP contribution in [0.1, 0.15) is 15.9 Å². The fourth-order valence-corrected chi connectivity index (χ4v) is 1.67. The maximum atomic E-state index is 12.7. The van der Waals surface area contributed by atoms with Gasteiger partial charge in [0.25, 0.3) is 0 Å². The SMILES string of the molecule is O=C(O)C1C=Nc2c(cccc2C(F)(F)F)C1=O. The number of para-hydroxylation sites is 1. The van der Waals surface area contributed by atoms with Gasteiger partial charge in [-0.15, -0.1) is 0 Å². The monoisotopic (exact) mass is 257 g/mol. The van der Waals surface area contributed by atoms with E-state index in [9.17, 15) is 22.8 Å². The highest BCUT2D eigenvalue weighted by atomic mass is 19.4. The number of carbonyl (C=O) groups excluding carboxylic acids is 1. The Bertz CT molecular complexity index is 563. The van der Waals surface area contributed by atoms with Crippen LogP contribution in [0, 0.1) is 5.92 Å². The lowest BCUT2D eigenvalue weighted by molar-refractivity contribution is -0.138. The van der Waals surface area contributed by atoms with Crippen LogP contribution >= 0.6 is 0 Å². The van der Waals surface area contributed by atoms with Crippen LogP contribution in [0.5, 0.6) is 0 Å². The Morgan fingerprint density at radius 1 is 1.33 bits per heavy atom. The Labute approximate surface area is 98.8 Å². The first-order chi connectivity index (χ1) is 8.32. The number of carbonyl (C=O) groups is 2. The number of hydrogen-bond donors (Lipinski definition) is 1. The fraction of sp³-hybridized carbons (Fsp3) is 0.182. The molecule has 0 bridgehead atoms. The molecule has 0 amide bonds. The molecule has 94 valence electrons. The number of benzene rings is 1. The highest BCUT2D eigenvalue weighted by molar-refractivity contribution is 6.22. The minimum Gasteiger partial charge on any atom is -0.480 e. The predicted octanol–water partition coefficient (Wildman–Crippen LogP) is 2.30. The molecular formula is C11H6F3NO3. The van der Waals surface area contributed by atoms with Gasteiger partial charge in [0.05, 0.1) is 11.3 Å². The first-order valence-electron chi connectivity index (χ1n) is 4.84. The number of hydrogen-bond acceptors (Lipinski definition) is 3. The van der Waals surface area contributed by atoms with Crippen LogP contribution < -0.4 is 0 Å². The average Bonchev–Trinajstić information content (AvgIpc) is 2.27. The lowest BCUT2D eigenvalue weighted by Crippen LogP contribution is -2.28. The Kier molecular flexibility index (Phi) is 2.68. The van der Waals surface area contributed by atoms with Gasteiger partial charge in [0.2, 0.25) is 0 Å². The number of rotatable bonds is 1. The van der Waals surface area contributed by atoms with E-state index in [-0.39, 0.29) is 5.56 Å². The van der Waals surface area contributed by atoms with E-state index in [2.05, 4.69) is 4.99 Å². The number of halogens is 3. The summed E-state index contributed by atoms with van der Waals surface area (Å²) >= 11 is 0. The minimum absolute atomic E-state index is 0.320. The largest absolute Gasteiger partial charge is 0.480 e. The first kappa shape index (κ1) is 12.3. The van der Waals surface area contributed by atoms with Crippen molar-refractivity contribution >= 4 is 23.7 Å². The molecule has 18 heavy (non-hydrogen) atoms. The van der Waals surface area contributed by atoms with Crippen molar-refractivity contribution in [3.63, 3.8) is 0 Å². The summed E-state index contributed by atoms with van der Waals surface area (Å²) < 4.78 is 38.0. The molecule has 0 spiro atoms. The second kappa shape index (κ2) is 3.94. The summed E-state index contributed by atoms with van der Waals surface area (Å²) in [5.74, 6) is -3.86. The smallest absolute Gasteiger partial charge is 0.418 e. The normalized spacial score (nSPS) is 18.6. The van der Waals surface area contributed by atoms with Crippen LogP contribution in [0.25, 0.3) is 0 Å². The number of Topliss-reactive ketones (excluding diaryl/α,β-unsaturated/α-hetero) is 1. The Balaban J connectivity index is 2.60. The summed E-state index contributed by atoms with van der Waals surface area (Å²) in [6, 6.07) is 2.99. The molecular weight excluding hydrogens is 251 g/mol. The summed E-state index contributed by atoms with van der Waals surface area (Å²) in [4.78, 5) is 25.9. The van der Waals surface area contributed by atoms with Gasteiger partial charge in [0.15, 0.2) is 11.7 Å². The molecule has 0 saturated carbocycles. The van der Waals surface area contributed by atoms with Gasteiger partial charge in [-0.2, -0.15) is 13.2 Å². The van der Waals surface area contributed by atoms with Gasteiger partial charge in [0, 0.05) is 11.8 Å². The number of nitrogens with zero attached hydrogens (tertiary/aromatic N) is 1. The summed E-state index contributed by atoms with van der Waals surface area (Å²) in [6.45, 7) is 0. The Morgan fingerprint density at radius 2 is 2.00 bits per heavy atom. The van der Waals surface area contributed by atoms with Crippen LogP contribution in [-0.2, 0) is 11.0 Å². The molecule has 1 atom stereocenters. The van der Waals surface area contributed by atoms with Crippen LogP contribution in [-0.4, -0.2) is 23.1 Å². The number of aliphatic carboxylic acids is 1. The third-order valence-electron chi connectivity index (χ3n) is 2.51. The van der Waals surface area contributed by atoms with Crippen molar-refractivity contribution in [1.82, 2.24) is 0 Å². The van der Waals surface area contributed by atoms with Crippen molar-refractivity contribution in [3.8, 4) is 0 Å². The average molecular weight is 257 g/mol. The molecule has 7 heteroatoms. The van der Waals surface area contributed by atoms with Crippen molar-refractivity contribution < 1.29 is 27.9 Å². The number of fused-ring (bicyclic) bond motifs is 1. The van der Waals surface area contributed by atoms with E-state index in [1.165, 1.54) is 0 Å². The van der Waals surface area contributed by atoms with Gasteiger partial charge in [-0.25, -0.2) is 0 Å². The molecule has 0 aromatic heterocycles. The van der Waals surface area contributed by atoms with Crippen LogP contribution in [0.4, 0.5) is 18.9 Å². The number of carboxylic acid groups (broad SMARTS) is 1. The van der Waals surface area contributed by atoms with Gasteiger partial charge < -0.3 is 5.11 Å². The number of aliphatic imine (C=N–C) groups is 1. The van der Waals surface area contributed by atoms with Gasteiger partial charge in [0.1, 0.15) is 0 Å². The Hall–Kier alpha value is -2.18. The highest BCUT2D eigenvalue weighted by Gasteiger charge is 2.38. The second-order valence-electron chi connectivity index (χ2n) is 3.66. The van der Waals surface area contributed by atoms with Gasteiger partial charge in [-0.05, 0) is 12.1 Å². The fourth-order valence-electron chi connectivity index (χ4n) is 1.67. The van der Waals surface area contributed by atoms with E-state index >= 15 is 0 Å². The molecule has 0 aliphatic carbocycles. The molecule has 1 N–H and O–H groups in total. The molecule has 1 aliphatic heterocycles. The molecule has 4 nitrogen and oxygen atoms in total. The molecule has 0 fully saturated rings. The number of carboxylic acids is 1. The number of ketones is 1. The lowest BCUT2D eigenvalue weighted by atomic mass is 9.92. The summed E-state index contributed by atoms with van der Waals surface area (Å²) in [7, 11) is 0. The van der Waals surface area contributed by atoms with E-state index in [0.29, 0.717) is 0 Å². The summed E-state index contributed by atoms with van der Waals surface area (Å²) in [6.07, 6.45) is -3.92. The molecule has 1 unspecified atom stereocenters. The van der Waals surface area contributed by atoms with E-state index in [1.807, 2.05) is 0 Å². The molecule has 1 aromatic rings. The van der Waals surface area contributed by atoms with Gasteiger partial charge >= 0.3 is 12.1 Å². The standard InChI is InChI=1S/C11H6F3NO3/c12-11(13,14)7-3-1-2-5-8(7)15-4-6(9(5)16)10(17)18/h1-4,6H,(H,17,18). The molecule has 1 aromatic carbocycles. The summed E-state index contributed by atoms with van der Waals surface area (Å²) in [5, 5.41) is 8.73. The third kappa shape index (κ3) is 1.87. The van der Waals surface area contributed by atoms with E-state index in [4.69, 9.17) is 5.11 Å². The topological polar surface area (TPSA) is 66.7 Å². The molecule has 0 saturated heterocycles. The van der Waals surface area contributed by atoms with E-state index < -0.39 is 35.1 Å². The maximum Gasteiger partial charge on any atom is 0.418 e. The molecule has 0 radical (unpaired) electrons. The number of alkyl halides is 3. The molecule has 1 heterocycles. The van der Waals surface area contributed by atoms with E-state index in [1.54, 1.807) is 0 Å². The molecule has 1 aliphatic rings. The van der Waals surface area contributed by atoms with Crippen LogP contribution in [0.3, 0.4) is 0 Å². The zero-order valence-corrected chi connectivity index (χ0v) is 8.73. The Morgan fingerprint density at radius 3 is 2.56 bits per heavy atom. The van der Waals surface area contributed by atoms with Crippen molar-refractivity contribution in [2.24, 2.45) is 10.9 Å². The quantitative estimate of drug-likeness (QED) is 0.785. The summed E-state index contributed by atoms with van der Waals surface area (Å²) in [5.41, 5.74) is -1.89. The van der Waals surface area contributed by atoms with Crippen molar-refractivity contribution in [3.05, 3.63) is 29.3 Å². The zero-order valence-electron chi connectivity index (χ0n) is 8.73. The van der Waals surface area contributed by atoms with E-state index in [0.717, 1.165) is 24.4 Å². The van der Waals surface area contributed by atoms with Crippen LogP contribution in [0.2, 0.25) is 0 Å².